The lowest BCUT2D eigenvalue weighted by Crippen LogP contribution is -2.34. The highest BCUT2D eigenvalue weighted by Gasteiger charge is 2.24. The van der Waals surface area contributed by atoms with Crippen LogP contribution in [0.3, 0.4) is 0 Å². The van der Waals surface area contributed by atoms with Crippen molar-refractivity contribution in [2.75, 3.05) is 49.7 Å². The van der Waals surface area contributed by atoms with Gasteiger partial charge >= 0.3 is 0 Å². The number of ether oxygens (including phenoxy) is 3. The maximum absolute atomic E-state index is 13.8. The number of amides is 1. The molecule has 1 fully saturated rings. The van der Waals surface area contributed by atoms with E-state index in [4.69, 9.17) is 14.2 Å². The third-order valence-corrected chi connectivity index (χ3v) is 11.0. The molecule has 1 unspecified atom stereocenters. The van der Waals surface area contributed by atoms with Gasteiger partial charge in [-0.05, 0) is 134 Å². The molecule has 0 saturated carbocycles. The molecule has 4 aromatic rings. The van der Waals surface area contributed by atoms with Gasteiger partial charge in [-0.1, -0.05) is 31.5 Å². The second kappa shape index (κ2) is 18.4. The van der Waals surface area contributed by atoms with Crippen molar-refractivity contribution in [3.63, 3.8) is 0 Å². The molecule has 274 valence electrons. The summed E-state index contributed by atoms with van der Waals surface area (Å²) in [7, 11) is -1.22. The minimum Gasteiger partial charge on any atom is -0.491 e. The van der Waals surface area contributed by atoms with Gasteiger partial charge in [0.2, 0.25) is 0 Å². The summed E-state index contributed by atoms with van der Waals surface area (Å²) in [6.45, 7) is 10.5. The summed E-state index contributed by atoms with van der Waals surface area (Å²) >= 11 is 0. The molecule has 3 aromatic carbocycles. The van der Waals surface area contributed by atoms with Crippen LogP contribution in [0.25, 0.3) is 17.2 Å². The number of hydrogen-bond donors (Lipinski definition) is 1. The van der Waals surface area contributed by atoms with Gasteiger partial charge in [0.15, 0.2) is 0 Å². The van der Waals surface area contributed by atoms with E-state index in [-0.39, 0.29) is 12.0 Å². The number of carbonyl (C=O) groups excluding carboxylic acids is 1. The molecule has 2 atom stereocenters. The van der Waals surface area contributed by atoms with Crippen molar-refractivity contribution in [3.8, 4) is 16.9 Å². The van der Waals surface area contributed by atoms with Crippen LogP contribution in [-0.4, -0.2) is 60.7 Å². The molecule has 6 rings (SSSR count). The maximum atomic E-state index is 13.8. The topological polar surface area (TPSA) is 90.0 Å². The van der Waals surface area contributed by atoms with E-state index < -0.39 is 10.8 Å². The summed E-state index contributed by atoms with van der Waals surface area (Å²) in [5, 5.41) is 3.10. The average Bonchev–Trinajstić information content (AvgIpc) is 3.66. The van der Waals surface area contributed by atoms with Gasteiger partial charge in [-0.2, -0.15) is 0 Å². The molecular formula is C43H51N3O5S. The number of fused-ring (bicyclic) bond motifs is 1. The minimum atomic E-state index is -1.22. The van der Waals surface area contributed by atoms with E-state index in [1.54, 1.807) is 0 Å². The number of aryl methyl sites for hydroxylation is 2. The Kier molecular flexibility index (Phi) is 13.3. The van der Waals surface area contributed by atoms with Crippen LogP contribution in [0.15, 0.2) is 89.5 Å². The quantitative estimate of drug-likeness (QED) is 0.123. The standard InChI is InChI=1S/C43H51N3O5S/c1-4-5-21-49-23-24-51-39-15-10-33(11-16-39)34-12-19-42-36(26-34)27-35(8-6-20-46(42)29-40-9-7-22-50-40)43(47)45-38-13-17-41(18-14-38)52(48)30-37-28-44-32(3)25-31(37)2/h10-19,25-28,40H,4-9,20-24,29-30H2,1-3H3,(H,45,47)/b35-27+/t40-,52?/m1/s1. The molecule has 0 aliphatic carbocycles. The Hall–Kier alpha value is -4.31. The Morgan fingerprint density at radius 1 is 0.981 bits per heavy atom. The zero-order valence-corrected chi connectivity index (χ0v) is 31.5. The van der Waals surface area contributed by atoms with Crippen LogP contribution < -0.4 is 15.0 Å². The van der Waals surface area contributed by atoms with E-state index in [0.29, 0.717) is 36.0 Å². The predicted molar refractivity (Wildman–Crippen MR) is 210 cm³/mol. The first-order valence-electron chi connectivity index (χ1n) is 18.6. The first-order valence-corrected chi connectivity index (χ1v) is 19.9. The molecule has 0 spiro atoms. The van der Waals surface area contributed by atoms with Crippen molar-refractivity contribution in [1.82, 2.24) is 4.98 Å². The van der Waals surface area contributed by atoms with Crippen LogP contribution in [-0.2, 0) is 30.8 Å². The molecule has 1 saturated heterocycles. The molecule has 2 aliphatic rings. The second-order valence-corrected chi connectivity index (χ2v) is 15.1. The van der Waals surface area contributed by atoms with E-state index in [1.807, 2.05) is 68.6 Å². The summed E-state index contributed by atoms with van der Waals surface area (Å²) in [4.78, 5) is 21.3. The van der Waals surface area contributed by atoms with Gasteiger partial charge < -0.3 is 24.4 Å². The number of rotatable bonds is 15. The molecule has 2 aliphatic heterocycles. The zero-order chi connectivity index (χ0) is 36.3. The number of nitrogens with one attached hydrogen (secondary N) is 1. The largest absolute Gasteiger partial charge is 0.491 e. The lowest BCUT2D eigenvalue weighted by molar-refractivity contribution is -0.112. The van der Waals surface area contributed by atoms with Crippen molar-refractivity contribution >= 4 is 34.2 Å². The number of pyridine rings is 1. The summed E-state index contributed by atoms with van der Waals surface area (Å²) in [5.74, 6) is 1.09. The minimum absolute atomic E-state index is 0.126. The van der Waals surface area contributed by atoms with Crippen LogP contribution in [0, 0.1) is 13.8 Å². The molecule has 3 heterocycles. The van der Waals surface area contributed by atoms with Gasteiger partial charge in [0.05, 0.1) is 29.3 Å². The number of carbonyl (C=O) groups is 1. The van der Waals surface area contributed by atoms with E-state index in [0.717, 1.165) is 109 Å². The highest BCUT2D eigenvalue weighted by molar-refractivity contribution is 7.84. The lowest BCUT2D eigenvalue weighted by atomic mass is 9.96. The first-order chi connectivity index (χ1) is 25.4. The summed E-state index contributed by atoms with van der Waals surface area (Å²) in [5.41, 5.74) is 8.68. The predicted octanol–water partition coefficient (Wildman–Crippen LogP) is 8.67. The Balaban J connectivity index is 1.17. The maximum Gasteiger partial charge on any atom is 0.251 e. The van der Waals surface area contributed by atoms with Gasteiger partial charge in [-0.3, -0.25) is 14.0 Å². The van der Waals surface area contributed by atoms with Crippen LogP contribution >= 0.6 is 0 Å². The fourth-order valence-electron chi connectivity index (χ4n) is 6.69. The Labute approximate surface area is 311 Å². The number of unbranched alkanes of at least 4 members (excludes halogenated alkanes) is 1. The molecule has 0 radical (unpaired) electrons. The van der Waals surface area contributed by atoms with E-state index in [9.17, 15) is 9.00 Å². The van der Waals surface area contributed by atoms with Gasteiger partial charge in [0.1, 0.15) is 12.4 Å². The van der Waals surface area contributed by atoms with Crippen molar-refractivity contribution in [1.29, 1.82) is 0 Å². The number of nitrogens with zero attached hydrogens (tertiary/aromatic N) is 2. The van der Waals surface area contributed by atoms with Gasteiger partial charge in [-0.15, -0.1) is 0 Å². The second-order valence-electron chi connectivity index (χ2n) is 13.7. The van der Waals surface area contributed by atoms with Crippen molar-refractivity contribution in [2.45, 2.75) is 76.0 Å². The van der Waals surface area contributed by atoms with E-state index in [2.05, 4.69) is 52.5 Å². The van der Waals surface area contributed by atoms with Gasteiger partial charge in [0.25, 0.3) is 5.91 Å². The molecule has 9 heteroatoms. The number of benzene rings is 3. The average molecular weight is 722 g/mol. The Morgan fingerprint density at radius 2 is 1.79 bits per heavy atom. The lowest BCUT2D eigenvalue weighted by Gasteiger charge is -2.31. The molecule has 0 bridgehead atoms. The van der Waals surface area contributed by atoms with Crippen LogP contribution in [0.4, 0.5) is 11.4 Å². The molecule has 52 heavy (non-hydrogen) atoms. The monoisotopic (exact) mass is 721 g/mol. The molecule has 1 N–H and O–H groups in total. The van der Waals surface area contributed by atoms with Crippen LogP contribution in [0.2, 0.25) is 0 Å². The Morgan fingerprint density at radius 3 is 2.54 bits per heavy atom. The van der Waals surface area contributed by atoms with Gasteiger partial charge in [-0.25, -0.2) is 0 Å². The molecule has 8 nitrogen and oxygen atoms in total. The Bertz CT molecular complexity index is 1850. The van der Waals surface area contributed by atoms with Crippen molar-refractivity contribution in [3.05, 3.63) is 107 Å². The summed E-state index contributed by atoms with van der Waals surface area (Å²) in [6, 6.07) is 24.0. The molecular weight excluding hydrogens is 671 g/mol. The van der Waals surface area contributed by atoms with Gasteiger partial charge in [0, 0.05) is 60.0 Å². The fourth-order valence-corrected chi connectivity index (χ4v) is 7.88. The van der Waals surface area contributed by atoms with Crippen molar-refractivity contribution < 1.29 is 23.2 Å². The summed E-state index contributed by atoms with van der Waals surface area (Å²) < 4.78 is 30.7. The highest BCUT2D eigenvalue weighted by atomic mass is 32.2. The molecule has 1 aromatic heterocycles. The zero-order valence-electron chi connectivity index (χ0n) is 30.7. The third kappa shape index (κ3) is 10.2. The number of aromatic nitrogens is 1. The summed E-state index contributed by atoms with van der Waals surface area (Å²) in [6.07, 6.45) is 9.93. The van der Waals surface area contributed by atoms with Crippen LogP contribution in [0.5, 0.6) is 5.75 Å². The van der Waals surface area contributed by atoms with E-state index >= 15 is 0 Å². The first kappa shape index (κ1) is 37.4. The van der Waals surface area contributed by atoms with Crippen molar-refractivity contribution in [2.24, 2.45) is 0 Å². The SMILES string of the molecule is CCCCOCCOc1ccc(-c2ccc3c(c2)/C=C(/C(=O)Nc2ccc(S(=O)Cc4cnc(C)cc4C)cc2)CCCN3C[C@H]2CCCO2)cc1. The third-order valence-electron chi connectivity index (χ3n) is 9.66. The smallest absolute Gasteiger partial charge is 0.251 e. The highest BCUT2D eigenvalue weighted by Crippen LogP contribution is 2.34. The normalized spacial score (nSPS) is 17.4. The fraction of sp³-hybridized carbons (Fsp3) is 0.395. The number of hydrogen-bond acceptors (Lipinski definition) is 7. The van der Waals surface area contributed by atoms with E-state index in [1.165, 1.54) is 0 Å². The van der Waals surface area contributed by atoms with Crippen LogP contribution in [0.1, 0.15) is 67.8 Å². The number of anilines is 2. The molecule has 1 amide bonds.